The average Bonchev–Trinajstić information content (AvgIpc) is 2.87. The molecular formula is C28H23BN2O2. The number of nitrogens with one attached hydrogen (secondary N) is 2. The van der Waals surface area contributed by atoms with Crippen molar-refractivity contribution in [1.82, 2.24) is 0 Å². The summed E-state index contributed by atoms with van der Waals surface area (Å²) in [6.45, 7) is -0.168. The zero-order chi connectivity index (χ0) is 22.6. The van der Waals surface area contributed by atoms with Crippen LogP contribution in [0.4, 0.5) is 11.4 Å². The van der Waals surface area contributed by atoms with E-state index in [-0.39, 0.29) is 6.98 Å². The van der Waals surface area contributed by atoms with E-state index < -0.39 is 0 Å². The van der Waals surface area contributed by atoms with E-state index in [0.717, 1.165) is 39.5 Å². The molecule has 0 spiro atoms. The van der Waals surface area contributed by atoms with Crippen LogP contribution in [0.25, 0.3) is 16.8 Å². The van der Waals surface area contributed by atoms with E-state index in [0.29, 0.717) is 0 Å². The first-order valence-electron chi connectivity index (χ1n) is 10.8. The molecule has 1 aliphatic rings. The largest absolute Gasteiger partial charge is 0.497 e. The topological polar surface area (TPSA) is 42.5 Å². The molecule has 0 bridgehead atoms. The molecule has 1 heterocycles. The molecule has 0 amide bonds. The normalized spacial score (nSPS) is 12.3. The van der Waals surface area contributed by atoms with Crippen LogP contribution in [0, 0.1) is 11.8 Å². The van der Waals surface area contributed by atoms with Crippen LogP contribution in [0.1, 0.15) is 11.1 Å². The van der Waals surface area contributed by atoms with Gasteiger partial charge in [-0.1, -0.05) is 48.2 Å². The second-order valence-corrected chi connectivity index (χ2v) is 7.78. The van der Waals surface area contributed by atoms with Crippen molar-refractivity contribution < 1.29 is 9.47 Å². The molecule has 0 saturated carbocycles. The monoisotopic (exact) mass is 430 g/mol. The second kappa shape index (κ2) is 9.06. The number of allylic oxidation sites excluding steroid dienone is 1. The van der Waals surface area contributed by atoms with Crippen LogP contribution in [0.5, 0.6) is 11.5 Å². The number of benzene rings is 4. The van der Waals surface area contributed by atoms with Crippen molar-refractivity contribution in [1.29, 1.82) is 0 Å². The van der Waals surface area contributed by atoms with Crippen molar-refractivity contribution in [3.05, 3.63) is 102 Å². The fourth-order valence-corrected chi connectivity index (χ4v) is 3.97. The second-order valence-electron chi connectivity index (χ2n) is 7.78. The lowest BCUT2D eigenvalue weighted by Crippen LogP contribution is -2.39. The maximum Gasteiger partial charge on any atom is 0.414 e. The molecule has 0 aromatic heterocycles. The summed E-state index contributed by atoms with van der Waals surface area (Å²) in [5, 5.41) is 9.66. The van der Waals surface area contributed by atoms with Gasteiger partial charge in [0.1, 0.15) is 11.5 Å². The summed E-state index contributed by atoms with van der Waals surface area (Å²) in [4.78, 5) is 0. The first kappa shape index (κ1) is 20.6. The van der Waals surface area contributed by atoms with Gasteiger partial charge in [-0.05, 0) is 65.6 Å². The van der Waals surface area contributed by atoms with E-state index in [1.807, 2.05) is 48.5 Å². The van der Waals surface area contributed by atoms with Gasteiger partial charge in [-0.3, -0.25) is 0 Å². The fraction of sp³-hybridized carbons (Fsp3) is 0.0714. The Morgan fingerprint density at radius 1 is 0.758 bits per heavy atom. The molecule has 0 fully saturated rings. The predicted molar refractivity (Wildman–Crippen MR) is 138 cm³/mol. The molecular weight excluding hydrogens is 407 g/mol. The summed E-state index contributed by atoms with van der Waals surface area (Å²) >= 11 is 0. The summed E-state index contributed by atoms with van der Waals surface area (Å²) in [5.41, 5.74) is 5.10. The number of hydrogen-bond donors (Lipinski definition) is 2. The standard InChI is InChI=1S/C28H23BN2O2/c1-32-24-15-10-20(11-16-24)9-14-23(19-21-12-17-25(33-2)18-13-21)29-30-26-7-3-5-22-6-4-8-27(31-29)28(22)26/h3-8,10-13,15-19,30-31H,1-2H3/b23-19+. The van der Waals surface area contributed by atoms with Crippen molar-refractivity contribution in [3.63, 3.8) is 0 Å². The molecule has 5 rings (SSSR count). The minimum absolute atomic E-state index is 0.168. The van der Waals surface area contributed by atoms with Gasteiger partial charge in [-0.25, -0.2) is 0 Å². The van der Waals surface area contributed by atoms with Gasteiger partial charge in [0.2, 0.25) is 0 Å². The van der Waals surface area contributed by atoms with Crippen molar-refractivity contribution in [2.24, 2.45) is 0 Å². The molecule has 0 saturated heterocycles. The smallest absolute Gasteiger partial charge is 0.414 e. The number of anilines is 2. The van der Waals surface area contributed by atoms with Gasteiger partial charge in [0.25, 0.3) is 0 Å². The lowest BCUT2D eigenvalue weighted by molar-refractivity contribution is 0.414. The highest BCUT2D eigenvalue weighted by Crippen LogP contribution is 2.35. The van der Waals surface area contributed by atoms with Crippen LogP contribution in [0.3, 0.4) is 0 Å². The van der Waals surface area contributed by atoms with E-state index >= 15 is 0 Å². The molecule has 5 heteroatoms. The van der Waals surface area contributed by atoms with E-state index in [4.69, 9.17) is 9.47 Å². The Balaban J connectivity index is 1.53. The van der Waals surface area contributed by atoms with E-state index in [9.17, 15) is 0 Å². The third-order valence-corrected chi connectivity index (χ3v) is 5.69. The minimum Gasteiger partial charge on any atom is -0.497 e. The van der Waals surface area contributed by atoms with Gasteiger partial charge in [-0.15, -0.1) is 0 Å². The van der Waals surface area contributed by atoms with Crippen LogP contribution in [-0.4, -0.2) is 21.2 Å². The maximum absolute atomic E-state index is 5.30. The Bertz CT molecular complexity index is 1340. The van der Waals surface area contributed by atoms with Crippen LogP contribution in [0.2, 0.25) is 0 Å². The highest BCUT2D eigenvalue weighted by Gasteiger charge is 2.26. The molecule has 160 valence electrons. The summed E-state index contributed by atoms with van der Waals surface area (Å²) < 4.78 is 10.6. The minimum atomic E-state index is -0.168. The summed E-state index contributed by atoms with van der Waals surface area (Å²) in [7, 11) is 3.33. The van der Waals surface area contributed by atoms with Crippen LogP contribution < -0.4 is 19.9 Å². The third kappa shape index (κ3) is 4.37. The molecule has 4 aromatic rings. The molecule has 0 unspecified atom stereocenters. The lowest BCUT2D eigenvalue weighted by atomic mass is 9.64. The first-order valence-corrected chi connectivity index (χ1v) is 10.8. The fourth-order valence-electron chi connectivity index (χ4n) is 3.97. The third-order valence-electron chi connectivity index (χ3n) is 5.69. The SMILES string of the molecule is COc1ccc(C#C/C(=C\c2ccc(OC)cc2)B2Nc3cccc4cccc(c34)N2)cc1. The van der Waals surface area contributed by atoms with Gasteiger partial charge in [0.05, 0.1) is 14.2 Å². The number of hydrogen-bond acceptors (Lipinski definition) is 4. The van der Waals surface area contributed by atoms with Crippen LogP contribution >= 0.6 is 0 Å². The average molecular weight is 430 g/mol. The van der Waals surface area contributed by atoms with Crippen LogP contribution in [-0.2, 0) is 0 Å². The molecule has 0 atom stereocenters. The molecule has 33 heavy (non-hydrogen) atoms. The molecule has 4 aromatic carbocycles. The Morgan fingerprint density at radius 2 is 1.33 bits per heavy atom. The van der Waals surface area contributed by atoms with Gasteiger partial charge in [-0.2, -0.15) is 0 Å². The number of methoxy groups -OCH3 is 2. The first-order chi connectivity index (χ1) is 16.2. The van der Waals surface area contributed by atoms with E-state index in [2.05, 4.69) is 64.8 Å². The molecule has 1 aliphatic heterocycles. The molecule has 0 radical (unpaired) electrons. The Hall–Kier alpha value is -4.30. The van der Waals surface area contributed by atoms with Gasteiger partial charge < -0.3 is 19.9 Å². The Kier molecular flexibility index (Phi) is 5.65. The zero-order valence-corrected chi connectivity index (χ0v) is 18.6. The quantitative estimate of drug-likeness (QED) is 0.315. The summed E-state index contributed by atoms with van der Waals surface area (Å²) in [5.74, 6) is 8.34. The molecule has 4 nitrogen and oxygen atoms in total. The van der Waals surface area contributed by atoms with Crippen molar-refractivity contribution in [3.8, 4) is 23.3 Å². The molecule has 0 aliphatic carbocycles. The van der Waals surface area contributed by atoms with Gasteiger partial charge in [0.15, 0.2) is 0 Å². The van der Waals surface area contributed by atoms with Crippen molar-refractivity contribution in [2.75, 3.05) is 24.7 Å². The predicted octanol–water partition coefficient (Wildman–Crippen LogP) is 5.86. The van der Waals surface area contributed by atoms with Crippen molar-refractivity contribution in [2.45, 2.75) is 0 Å². The highest BCUT2D eigenvalue weighted by molar-refractivity contribution is 6.76. The lowest BCUT2D eigenvalue weighted by Gasteiger charge is -2.26. The van der Waals surface area contributed by atoms with Gasteiger partial charge in [0, 0.05) is 27.8 Å². The maximum atomic E-state index is 5.30. The number of rotatable bonds is 4. The Labute approximate surface area is 194 Å². The van der Waals surface area contributed by atoms with Gasteiger partial charge >= 0.3 is 6.98 Å². The highest BCUT2D eigenvalue weighted by atomic mass is 16.5. The van der Waals surface area contributed by atoms with Crippen LogP contribution in [0.15, 0.2) is 90.4 Å². The summed E-state index contributed by atoms with van der Waals surface area (Å²) in [6.07, 6.45) is 2.11. The Morgan fingerprint density at radius 3 is 1.91 bits per heavy atom. The van der Waals surface area contributed by atoms with E-state index in [1.165, 1.54) is 10.8 Å². The van der Waals surface area contributed by atoms with Crippen molar-refractivity contribution >= 4 is 35.2 Å². The molecule has 2 N–H and O–H groups in total. The van der Waals surface area contributed by atoms with E-state index in [1.54, 1.807) is 14.2 Å². The zero-order valence-electron chi connectivity index (χ0n) is 18.6. The number of ether oxygens (including phenoxy) is 2. The summed E-state index contributed by atoms with van der Waals surface area (Å²) in [6, 6.07) is 28.4.